The molecule has 0 unspecified atom stereocenters. The Morgan fingerprint density at radius 3 is 2.62 bits per heavy atom. The molecule has 2 heterocycles. The summed E-state index contributed by atoms with van der Waals surface area (Å²) in [6.07, 6.45) is 1.27. The van der Waals surface area contributed by atoms with E-state index in [0.29, 0.717) is 18.2 Å². The molecule has 6 nitrogen and oxygen atoms in total. The highest BCUT2D eigenvalue weighted by molar-refractivity contribution is 6.29. The second-order valence-corrected chi connectivity index (χ2v) is 5.39. The van der Waals surface area contributed by atoms with Crippen LogP contribution in [-0.4, -0.2) is 53.7 Å². The van der Waals surface area contributed by atoms with Gasteiger partial charge in [-0.25, -0.2) is 9.78 Å². The summed E-state index contributed by atoms with van der Waals surface area (Å²) < 4.78 is 10.5. The number of aromatic nitrogens is 1. The highest BCUT2D eigenvalue weighted by atomic mass is 35.5. The molecule has 0 spiro atoms. The summed E-state index contributed by atoms with van der Waals surface area (Å²) in [5, 5.41) is 0.291. The van der Waals surface area contributed by atoms with Crippen molar-refractivity contribution in [1.29, 1.82) is 0 Å². The third-order valence-electron chi connectivity index (χ3n) is 3.06. The van der Waals surface area contributed by atoms with Crippen molar-refractivity contribution in [2.24, 2.45) is 0 Å². The van der Waals surface area contributed by atoms with Crippen LogP contribution in [0.5, 0.6) is 0 Å². The second kappa shape index (κ2) is 6.87. The first kappa shape index (κ1) is 15.7. The number of pyridine rings is 1. The predicted octanol–water partition coefficient (Wildman–Crippen LogP) is 1.53. The van der Waals surface area contributed by atoms with Gasteiger partial charge in [0.25, 0.3) is 5.91 Å². The molecule has 1 fully saturated rings. The zero-order valence-corrected chi connectivity index (χ0v) is 12.7. The van der Waals surface area contributed by atoms with Gasteiger partial charge in [-0.3, -0.25) is 4.79 Å². The summed E-state index contributed by atoms with van der Waals surface area (Å²) in [5.41, 5.74) is 0.260. The van der Waals surface area contributed by atoms with E-state index in [1.807, 2.05) is 13.8 Å². The van der Waals surface area contributed by atoms with Gasteiger partial charge < -0.3 is 14.4 Å². The Labute approximate surface area is 128 Å². The Morgan fingerprint density at radius 2 is 2.05 bits per heavy atom. The van der Waals surface area contributed by atoms with E-state index >= 15 is 0 Å². The number of rotatable bonds is 3. The first-order chi connectivity index (χ1) is 9.95. The molecule has 0 radical (unpaired) electrons. The average molecular weight is 313 g/mol. The second-order valence-electron chi connectivity index (χ2n) is 5.00. The van der Waals surface area contributed by atoms with Crippen molar-refractivity contribution in [1.82, 2.24) is 9.88 Å². The summed E-state index contributed by atoms with van der Waals surface area (Å²) in [5.74, 6) is -0.825. The maximum absolute atomic E-state index is 12.0. The van der Waals surface area contributed by atoms with E-state index in [2.05, 4.69) is 4.98 Å². The number of carbonyl (C=O) groups excluding carboxylic acids is 2. The molecule has 0 aliphatic carbocycles. The number of carbonyl (C=O) groups is 2. The van der Waals surface area contributed by atoms with Crippen molar-refractivity contribution in [3.8, 4) is 0 Å². The van der Waals surface area contributed by atoms with E-state index in [4.69, 9.17) is 21.1 Å². The van der Waals surface area contributed by atoms with Gasteiger partial charge in [-0.05, 0) is 26.0 Å². The lowest BCUT2D eigenvalue weighted by molar-refractivity contribution is -0.146. The molecule has 0 bridgehead atoms. The van der Waals surface area contributed by atoms with Crippen LogP contribution < -0.4 is 0 Å². The molecule has 21 heavy (non-hydrogen) atoms. The topological polar surface area (TPSA) is 68.7 Å². The Hall–Kier alpha value is -1.66. The van der Waals surface area contributed by atoms with Crippen molar-refractivity contribution in [2.75, 3.05) is 19.7 Å². The Bertz CT molecular complexity index is 510. The van der Waals surface area contributed by atoms with Crippen LogP contribution in [0.4, 0.5) is 0 Å². The lowest BCUT2D eigenvalue weighted by atomic mass is 10.2. The van der Waals surface area contributed by atoms with Crippen molar-refractivity contribution < 1.29 is 19.1 Å². The van der Waals surface area contributed by atoms with Crippen LogP contribution in [0.15, 0.2) is 18.3 Å². The molecule has 1 aliphatic rings. The standard InChI is InChI=1S/C14H17ClN2O4/c1-9-6-17(7-10(2)21-9)13(18)8-20-14(19)11-3-4-12(15)16-5-11/h3-5,9-10H,6-8H2,1-2H3/t9-,10-/m0/s1. The fourth-order valence-corrected chi connectivity index (χ4v) is 2.29. The molecule has 1 saturated heterocycles. The van der Waals surface area contributed by atoms with Crippen molar-refractivity contribution in [3.05, 3.63) is 29.0 Å². The van der Waals surface area contributed by atoms with Crippen LogP contribution in [0.3, 0.4) is 0 Å². The van der Waals surface area contributed by atoms with Crippen molar-refractivity contribution in [3.63, 3.8) is 0 Å². The Balaban J connectivity index is 1.86. The predicted molar refractivity (Wildman–Crippen MR) is 76.1 cm³/mol. The number of esters is 1. The highest BCUT2D eigenvalue weighted by Crippen LogP contribution is 2.11. The van der Waals surface area contributed by atoms with Crippen molar-refractivity contribution >= 4 is 23.5 Å². The monoisotopic (exact) mass is 312 g/mol. The highest BCUT2D eigenvalue weighted by Gasteiger charge is 2.26. The lowest BCUT2D eigenvalue weighted by Crippen LogP contribution is -2.49. The summed E-state index contributed by atoms with van der Waals surface area (Å²) in [7, 11) is 0. The van der Waals surface area contributed by atoms with Gasteiger partial charge in [-0.15, -0.1) is 0 Å². The summed E-state index contributed by atoms with van der Waals surface area (Å²) in [4.78, 5) is 29.2. The molecule has 1 aliphatic heterocycles. The van der Waals surface area contributed by atoms with Crippen LogP contribution in [0.2, 0.25) is 5.15 Å². The maximum Gasteiger partial charge on any atom is 0.340 e. The number of halogens is 1. The number of morpholine rings is 1. The average Bonchev–Trinajstić information content (AvgIpc) is 2.44. The first-order valence-electron chi connectivity index (χ1n) is 6.67. The van der Waals surface area contributed by atoms with Gasteiger partial charge in [-0.2, -0.15) is 0 Å². The number of ether oxygens (including phenoxy) is 2. The normalized spacial score (nSPS) is 22.0. The van der Waals surface area contributed by atoms with Gasteiger partial charge in [0.05, 0.1) is 17.8 Å². The van der Waals surface area contributed by atoms with E-state index < -0.39 is 5.97 Å². The minimum Gasteiger partial charge on any atom is -0.452 e. The van der Waals surface area contributed by atoms with Crippen LogP contribution in [0.1, 0.15) is 24.2 Å². The van der Waals surface area contributed by atoms with E-state index in [-0.39, 0.29) is 30.3 Å². The molecule has 7 heteroatoms. The third-order valence-corrected chi connectivity index (χ3v) is 3.29. The molecule has 114 valence electrons. The smallest absolute Gasteiger partial charge is 0.340 e. The summed E-state index contributed by atoms with van der Waals surface area (Å²) in [6.45, 7) is 4.52. The van der Waals surface area contributed by atoms with E-state index in [0.717, 1.165) is 0 Å². The molecular formula is C14H17ClN2O4. The van der Waals surface area contributed by atoms with Crippen LogP contribution in [-0.2, 0) is 14.3 Å². The molecule has 1 amide bonds. The van der Waals surface area contributed by atoms with Gasteiger partial charge in [0, 0.05) is 19.3 Å². The lowest BCUT2D eigenvalue weighted by Gasteiger charge is -2.35. The Kier molecular flexibility index (Phi) is 5.14. The fraction of sp³-hybridized carbons (Fsp3) is 0.500. The number of nitrogens with zero attached hydrogens (tertiary/aromatic N) is 2. The number of hydrogen-bond donors (Lipinski definition) is 0. The largest absolute Gasteiger partial charge is 0.452 e. The van der Waals surface area contributed by atoms with E-state index in [1.54, 1.807) is 4.90 Å². The van der Waals surface area contributed by atoms with Gasteiger partial charge >= 0.3 is 5.97 Å². The van der Waals surface area contributed by atoms with Gasteiger partial charge in [0.1, 0.15) is 5.15 Å². The zero-order chi connectivity index (χ0) is 15.4. The van der Waals surface area contributed by atoms with Crippen LogP contribution in [0.25, 0.3) is 0 Å². The summed E-state index contributed by atoms with van der Waals surface area (Å²) in [6, 6.07) is 2.99. The molecule has 0 N–H and O–H groups in total. The quantitative estimate of drug-likeness (QED) is 0.625. The molecule has 2 rings (SSSR count). The molecular weight excluding hydrogens is 296 g/mol. The third kappa shape index (κ3) is 4.41. The fourth-order valence-electron chi connectivity index (χ4n) is 2.18. The molecule has 2 atom stereocenters. The maximum atomic E-state index is 12.0. The van der Waals surface area contributed by atoms with Gasteiger partial charge in [0.15, 0.2) is 6.61 Å². The number of amides is 1. The van der Waals surface area contributed by atoms with Gasteiger partial charge in [-0.1, -0.05) is 11.6 Å². The van der Waals surface area contributed by atoms with Crippen molar-refractivity contribution in [2.45, 2.75) is 26.1 Å². The van der Waals surface area contributed by atoms with Gasteiger partial charge in [0.2, 0.25) is 0 Å². The molecule has 1 aromatic heterocycles. The minimum atomic E-state index is -0.595. The first-order valence-corrected chi connectivity index (χ1v) is 7.05. The van der Waals surface area contributed by atoms with Crippen LogP contribution >= 0.6 is 11.6 Å². The van der Waals surface area contributed by atoms with E-state index in [9.17, 15) is 9.59 Å². The number of hydrogen-bond acceptors (Lipinski definition) is 5. The SMILES string of the molecule is C[C@H]1CN(C(=O)COC(=O)c2ccc(Cl)nc2)C[C@H](C)O1. The zero-order valence-electron chi connectivity index (χ0n) is 11.9. The van der Waals surface area contributed by atoms with Crippen LogP contribution in [0, 0.1) is 0 Å². The molecule has 0 saturated carbocycles. The Morgan fingerprint density at radius 1 is 1.38 bits per heavy atom. The summed E-state index contributed by atoms with van der Waals surface area (Å²) >= 11 is 5.64. The molecule has 0 aromatic carbocycles. The van der Waals surface area contributed by atoms with E-state index in [1.165, 1.54) is 18.3 Å². The minimum absolute atomic E-state index is 0.0196. The molecule has 1 aromatic rings.